The monoisotopic (exact) mass is 393 g/mol. The number of nitrogens with zero attached hydrogens (tertiary/aromatic N) is 7. The van der Waals surface area contributed by atoms with E-state index in [1.165, 1.54) is 31.2 Å². The zero-order valence-electron chi connectivity index (χ0n) is 17.2. The van der Waals surface area contributed by atoms with Crippen molar-refractivity contribution in [3.63, 3.8) is 0 Å². The SMILES string of the molecule is c1cc(CN2CCN(c3cc(N4CCCC4)nc(N4CCCC4)n3)CC2)ccn1. The second-order valence-electron chi connectivity index (χ2n) is 8.39. The Balaban J connectivity index is 1.30. The lowest BCUT2D eigenvalue weighted by Crippen LogP contribution is -2.46. The molecule has 0 bridgehead atoms. The molecule has 7 heteroatoms. The highest BCUT2D eigenvalue weighted by atomic mass is 15.3. The molecule has 2 aromatic heterocycles. The van der Waals surface area contributed by atoms with Crippen LogP contribution >= 0.6 is 0 Å². The first kappa shape index (κ1) is 18.6. The maximum Gasteiger partial charge on any atom is 0.229 e. The molecule has 2 aromatic rings. The van der Waals surface area contributed by atoms with Crippen LogP contribution in [0.3, 0.4) is 0 Å². The van der Waals surface area contributed by atoms with Crippen molar-refractivity contribution in [1.82, 2.24) is 19.9 Å². The molecule has 0 amide bonds. The standard InChI is InChI=1S/C22H31N7/c1-2-10-27(9-1)20-17-21(25-22(24-20)29-11-3-4-12-29)28-15-13-26(14-16-28)18-19-5-7-23-8-6-19/h5-8,17H,1-4,9-16,18H2. The third kappa shape index (κ3) is 4.29. The first-order valence-corrected chi connectivity index (χ1v) is 11.1. The molecule has 0 unspecified atom stereocenters. The molecule has 0 atom stereocenters. The minimum atomic E-state index is 0.932. The maximum atomic E-state index is 5.01. The lowest BCUT2D eigenvalue weighted by atomic mass is 10.2. The first-order valence-electron chi connectivity index (χ1n) is 11.1. The van der Waals surface area contributed by atoms with Gasteiger partial charge in [-0.15, -0.1) is 0 Å². The lowest BCUT2D eigenvalue weighted by Gasteiger charge is -2.36. The van der Waals surface area contributed by atoms with E-state index in [1.807, 2.05) is 12.4 Å². The average molecular weight is 394 g/mol. The summed E-state index contributed by atoms with van der Waals surface area (Å²) in [6, 6.07) is 6.45. The van der Waals surface area contributed by atoms with Gasteiger partial charge in [0.2, 0.25) is 5.95 Å². The van der Waals surface area contributed by atoms with Gasteiger partial charge < -0.3 is 14.7 Å². The van der Waals surface area contributed by atoms with Crippen molar-refractivity contribution in [2.45, 2.75) is 32.2 Å². The highest BCUT2D eigenvalue weighted by Gasteiger charge is 2.24. The number of pyridine rings is 1. The summed E-state index contributed by atoms with van der Waals surface area (Å²) in [5.74, 6) is 3.15. The molecule has 3 aliphatic heterocycles. The summed E-state index contributed by atoms with van der Waals surface area (Å²) in [6.45, 7) is 9.56. The number of aromatic nitrogens is 3. The summed E-state index contributed by atoms with van der Waals surface area (Å²) >= 11 is 0. The molecule has 0 aromatic carbocycles. The molecule has 0 saturated carbocycles. The Morgan fingerprint density at radius 3 is 1.83 bits per heavy atom. The molecular weight excluding hydrogens is 362 g/mol. The van der Waals surface area contributed by atoms with Crippen LogP contribution in [0.2, 0.25) is 0 Å². The van der Waals surface area contributed by atoms with Gasteiger partial charge in [0.1, 0.15) is 11.6 Å². The third-order valence-corrected chi connectivity index (χ3v) is 6.36. The number of hydrogen-bond donors (Lipinski definition) is 0. The highest BCUT2D eigenvalue weighted by Crippen LogP contribution is 2.27. The predicted octanol–water partition coefficient (Wildman–Crippen LogP) is 2.39. The van der Waals surface area contributed by atoms with E-state index in [9.17, 15) is 0 Å². The maximum absolute atomic E-state index is 5.01. The second-order valence-corrected chi connectivity index (χ2v) is 8.39. The van der Waals surface area contributed by atoms with Crippen molar-refractivity contribution < 1.29 is 0 Å². The van der Waals surface area contributed by atoms with Crippen LogP contribution in [0.25, 0.3) is 0 Å². The van der Waals surface area contributed by atoms with Crippen molar-refractivity contribution in [3.8, 4) is 0 Å². The van der Waals surface area contributed by atoms with Crippen molar-refractivity contribution in [2.75, 3.05) is 67.1 Å². The van der Waals surface area contributed by atoms with E-state index < -0.39 is 0 Å². The molecule has 0 N–H and O–H groups in total. The Morgan fingerprint density at radius 1 is 0.655 bits per heavy atom. The summed E-state index contributed by atoms with van der Waals surface area (Å²) in [4.78, 5) is 23.9. The summed E-state index contributed by atoms with van der Waals surface area (Å²) in [5, 5.41) is 0. The van der Waals surface area contributed by atoms with Gasteiger partial charge in [0.25, 0.3) is 0 Å². The topological polar surface area (TPSA) is 51.6 Å². The van der Waals surface area contributed by atoms with E-state index in [4.69, 9.17) is 9.97 Å². The van der Waals surface area contributed by atoms with Crippen molar-refractivity contribution >= 4 is 17.6 Å². The molecule has 5 rings (SSSR count). The van der Waals surface area contributed by atoms with Crippen molar-refractivity contribution in [1.29, 1.82) is 0 Å². The third-order valence-electron chi connectivity index (χ3n) is 6.36. The Morgan fingerprint density at radius 2 is 1.21 bits per heavy atom. The minimum absolute atomic E-state index is 0.932. The molecule has 0 radical (unpaired) electrons. The molecule has 0 aliphatic carbocycles. The summed E-state index contributed by atoms with van der Waals surface area (Å²) in [6.07, 6.45) is 8.80. The largest absolute Gasteiger partial charge is 0.356 e. The summed E-state index contributed by atoms with van der Waals surface area (Å²) in [5.41, 5.74) is 1.34. The second kappa shape index (κ2) is 8.53. The van der Waals surface area contributed by atoms with E-state index in [2.05, 4.69) is 42.8 Å². The summed E-state index contributed by atoms with van der Waals surface area (Å²) in [7, 11) is 0. The van der Waals surface area contributed by atoms with Crippen LogP contribution in [0.1, 0.15) is 31.2 Å². The Kier molecular flexibility index (Phi) is 5.47. The van der Waals surface area contributed by atoms with Gasteiger partial charge in [-0.3, -0.25) is 9.88 Å². The van der Waals surface area contributed by atoms with E-state index in [-0.39, 0.29) is 0 Å². The van der Waals surface area contributed by atoms with Crippen LogP contribution < -0.4 is 14.7 Å². The molecule has 5 heterocycles. The zero-order valence-corrected chi connectivity index (χ0v) is 17.2. The number of hydrogen-bond acceptors (Lipinski definition) is 7. The first-order chi connectivity index (χ1) is 14.3. The Labute approximate surface area is 173 Å². The number of piperazine rings is 1. The normalized spacial score (nSPS) is 20.6. The molecule has 0 spiro atoms. The Hall–Kier alpha value is -2.41. The van der Waals surface area contributed by atoms with Crippen LogP contribution in [-0.4, -0.2) is 72.2 Å². The molecule has 3 fully saturated rings. The zero-order chi connectivity index (χ0) is 19.5. The van der Waals surface area contributed by atoms with Crippen LogP contribution in [0.15, 0.2) is 30.6 Å². The fraction of sp³-hybridized carbons (Fsp3) is 0.591. The Bertz CT molecular complexity index is 758. The van der Waals surface area contributed by atoms with Crippen LogP contribution in [-0.2, 0) is 6.54 Å². The van der Waals surface area contributed by atoms with Crippen LogP contribution in [0.4, 0.5) is 17.6 Å². The minimum Gasteiger partial charge on any atom is -0.356 e. The molecule has 7 nitrogen and oxygen atoms in total. The van der Waals surface area contributed by atoms with E-state index in [0.29, 0.717) is 0 Å². The van der Waals surface area contributed by atoms with Gasteiger partial charge in [-0.2, -0.15) is 9.97 Å². The van der Waals surface area contributed by atoms with E-state index in [0.717, 1.165) is 76.5 Å². The van der Waals surface area contributed by atoms with Gasteiger partial charge in [-0.05, 0) is 43.4 Å². The number of rotatable bonds is 5. The average Bonchev–Trinajstić information content (AvgIpc) is 3.49. The van der Waals surface area contributed by atoms with E-state index in [1.54, 1.807) is 0 Å². The van der Waals surface area contributed by atoms with Gasteiger partial charge >= 0.3 is 0 Å². The van der Waals surface area contributed by atoms with Gasteiger partial charge in [0.15, 0.2) is 0 Å². The predicted molar refractivity (Wildman–Crippen MR) is 117 cm³/mol. The fourth-order valence-corrected chi connectivity index (χ4v) is 4.62. The van der Waals surface area contributed by atoms with Crippen molar-refractivity contribution in [3.05, 3.63) is 36.2 Å². The lowest BCUT2D eigenvalue weighted by molar-refractivity contribution is 0.249. The fourth-order valence-electron chi connectivity index (χ4n) is 4.62. The highest BCUT2D eigenvalue weighted by molar-refractivity contribution is 5.56. The van der Waals surface area contributed by atoms with Gasteiger partial charge in [0, 0.05) is 77.4 Å². The van der Waals surface area contributed by atoms with E-state index >= 15 is 0 Å². The molecule has 3 saturated heterocycles. The van der Waals surface area contributed by atoms with Crippen molar-refractivity contribution in [2.24, 2.45) is 0 Å². The smallest absolute Gasteiger partial charge is 0.229 e. The quantitative estimate of drug-likeness (QED) is 0.773. The van der Waals surface area contributed by atoms with Gasteiger partial charge in [0.05, 0.1) is 0 Å². The summed E-state index contributed by atoms with van der Waals surface area (Å²) < 4.78 is 0. The van der Waals surface area contributed by atoms with Crippen LogP contribution in [0.5, 0.6) is 0 Å². The number of anilines is 3. The van der Waals surface area contributed by atoms with Gasteiger partial charge in [-0.1, -0.05) is 0 Å². The van der Waals surface area contributed by atoms with Gasteiger partial charge in [-0.25, -0.2) is 0 Å². The molecule has 154 valence electrons. The molecule has 3 aliphatic rings. The molecular formula is C22H31N7. The molecule has 29 heavy (non-hydrogen) atoms. The van der Waals surface area contributed by atoms with Crippen LogP contribution in [0, 0.1) is 0 Å².